The third-order valence-corrected chi connectivity index (χ3v) is 3.62. The molecule has 0 fully saturated rings. The lowest BCUT2D eigenvalue weighted by Gasteiger charge is -2.11. The maximum Gasteiger partial charge on any atom is 0.141 e. The standard InChI is InChI=1S/C14H11BrCl2O/c1-9-2-4-14(12(15)6-9)18-13-5-3-11(17)7-10(13)8-16/h2-7H,8H2,1H3. The fraction of sp³-hybridized carbons (Fsp3) is 0.143. The average Bonchev–Trinajstić information content (AvgIpc) is 2.34. The van der Waals surface area contributed by atoms with E-state index in [4.69, 9.17) is 27.9 Å². The Kier molecular flexibility index (Phi) is 4.55. The maximum absolute atomic E-state index is 5.93. The minimum absolute atomic E-state index is 0.360. The van der Waals surface area contributed by atoms with Gasteiger partial charge in [-0.1, -0.05) is 17.7 Å². The van der Waals surface area contributed by atoms with Crippen molar-refractivity contribution in [1.82, 2.24) is 0 Å². The van der Waals surface area contributed by atoms with Gasteiger partial charge >= 0.3 is 0 Å². The predicted molar refractivity (Wildman–Crippen MR) is 80.0 cm³/mol. The molecule has 0 aliphatic heterocycles. The van der Waals surface area contributed by atoms with Crippen LogP contribution in [0.2, 0.25) is 5.02 Å². The Bertz CT molecular complexity index is 570. The van der Waals surface area contributed by atoms with Gasteiger partial charge in [-0.05, 0) is 58.7 Å². The normalized spacial score (nSPS) is 10.4. The van der Waals surface area contributed by atoms with Gasteiger partial charge in [-0.15, -0.1) is 11.6 Å². The van der Waals surface area contributed by atoms with E-state index < -0.39 is 0 Å². The van der Waals surface area contributed by atoms with Crippen molar-refractivity contribution in [3.8, 4) is 11.5 Å². The van der Waals surface area contributed by atoms with E-state index in [1.807, 2.05) is 37.3 Å². The van der Waals surface area contributed by atoms with Crippen molar-refractivity contribution in [2.45, 2.75) is 12.8 Å². The van der Waals surface area contributed by atoms with Crippen LogP contribution in [0.3, 0.4) is 0 Å². The van der Waals surface area contributed by atoms with Gasteiger partial charge in [0.1, 0.15) is 11.5 Å². The molecule has 0 radical (unpaired) electrons. The van der Waals surface area contributed by atoms with Gasteiger partial charge in [0.2, 0.25) is 0 Å². The van der Waals surface area contributed by atoms with E-state index in [-0.39, 0.29) is 0 Å². The summed E-state index contributed by atoms with van der Waals surface area (Å²) >= 11 is 15.3. The van der Waals surface area contributed by atoms with Crippen LogP contribution >= 0.6 is 39.1 Å². The number of hydrogen-bond acceptors (Lipinski definition) is 1. The van der Waals surface area contributed by atoms with Crippen LogP contribution in [-0.4, -0.2) is 0 Å². The summed E-state index contributed by atoms with van der Waals surface area (Å²) in [5.41, 5.74) is 2.04. The number of halogens is 3. The molecular weight excluding hydrogens is 335 g/mol. The first-order valence-electron chi connectivity index (χ1n) is 5.38. The molecule has 0 aliphatic rings. The molecule has 0 saturated heterocycles. The fourth-order valence-electron chi connectivity index (χ4n) is 1.56. The molecule has 0 aromatic heterocycles. The molecule has 0 heterocycles. The maximum atomic E-state index is 5.93. The number of aryl methyl sites for hydroxylation is 1. The first-order chi connectivity index (χ1) is 8.60. The molecule has 0 spiro atoms. The molecule has 2 aromatic carbocycles. The van der Waals surface area contributed by atoms with Crippen molar-refractivity contribution in [2.75, 3.05) is 0 Å². The summed E-state index contributed by atoms with van der Waals surface area (Å²) in [4.78, 5) is 0. The molecule has 0 atom stereocenters. The van der Waals surface area contributed by atoms with E-state index in [0.717, 1.165) is 21.5 Å². The van der Waals surface area contributed by atoms with Gasteiger partial charge in [0.05, 0.1) is 10.4 Å². The fourth-order valence-corrected chi connectivity index (χ4v) is 2.54. The summed E-state index contributed by atoms with van der Waals surface area (Å²) in [6.45, 7) is 2.03. The lowest BCUT2D eigenvalue weighted by Crippen LogP contribution is -1.91. The second-order valence-corrected chi connectivity index (χ2v) is 5.48. The number of rotatable bonds is 3. The number of benzene rings is 2. The van der Waals surface area contributed by atoms with Crippen LogP contribution < -0.4 is 4.74 Å². The van der Waals surface area contributed by atoms with Gasteiger partial charge in [-0.3, -0.25) is 0 Å². The summed E-state index contributed by atoms with van der Waals surface area (Å²) in [5, 5.41) is 0.654. The zero-order chi connectivity index (χ0) is 13.1. The summed E-state index contributed by atoms with van der Waals surface area (Å²) in [6.07, 6.45) is 0. The Morgan fingerprint density at radius 2 is 1.83 bits per heavy atom. The molecule has 0 saturated carbocycles. The van der Waals surface area contributed by atoms with Crippen LogP contribution in [0.15, 0.2) is 40.9 Å². The third kappa shape index (κ3) is 3.19. The molecule has 0 N–H and O–H groups in total. The van der Waals surface area contributed by atoms with Crippen LogP contribution in [0, 0.1) is 6.92 Å². The van der Waals surface area contributed by atoms with Crippen molar-refractivity contribution in [2.24, 2.45) is 0 Å². The molecular formula is C14H11BrCl2O. The minimum Gasteiger partial charge on any atom is -0.456 e. The molecule has 0 amide bonds. The lowest BCUT2D eigenvalue weighted by atomic mass is 10.2. The highest BCUT2D eigenvalue weighted by molar-refractivity contribution is 9.10. The largest absolute Gasteiger partial charge is 0.456 e. The topological polar surface area (TPSA) is 9.23 Å². The molecule has 2 aromatic rings. The molecule has 4 heteroatoms. The van der Waals surface area contributed by atoms with Crippen LogP contribution in [0.5, 0.6) is 11.5 Å². The third-order valence-electron chi connectivity index (χ3n) is 2.47. The minimum atomic E-state index is 0.360. The molecule has 94 valence electrons. The van der Waals surface area contributed by atoms with E-state index in [0.29, 0.717) is 10.9 Å². The Labute approximate surface area is 125 Å². The predicted octanol–water partition coefficient (Wildman–Crippen LogP) is 5.94. The smallest absolute Gasteiger partial charge is 0.141 e. The zero-order valence-electron chi connectivity index (χ0n) is 9.71. The van der Waals surface area contributed by atoms with Crippen LogP contribution in [0.1, 0.15) is 11.1 Å². The van der Waals surface area contributed by atoms with Gasteiger partial charge in [-0.2, -0.15) is 0 Å². The van der Waals surface area contributed by atoms with Crippen LogP contribution in [0.25, 0.3) is 0 Å². The van der Waals surface area contributed by atoms with Crippen molar-refractivity contribution in [1.29, 1.82) is 0 Å². The molecule has 2 rings (SSSR count). The Hall–Kier alpha value is -0.700. The van der Waals surface area contributed by atoms with Crippen molar-refractivity contribution in [3.63, 3.8) is 0 Å². The highest BCUT2D eigenvalue weighted by Gasteiger charge is 2.07. The van der Waals surface area contributed by atoms with Gasteiger partial charge in [0, 0.05) is 10.6 Å². The van der Waals surface area contributed by atoms with Crippen molar-refractivity contribution >= 4 is 39.1 Å². The van der Waals surface area contributed by atoms with E-state index in [2.05, 4.69) is 15.9 Å². The Morgan fingerprint density at radius 3 is 2.50 bits per heavy atom. The van der Waals surface area contributed by atoms with E-state index in [1.54, 1.807) is 6.07 Å². The van der Waals surface area contributed by atoms with Crippen LogP contribution in [0.4, 0.5) is 0 Å². The number of alkyl halides is 1. The van der Waals surface area contributed by atoms with Crippen LogP contribution in [-0.2, 0) is 5.88 Å². The molecule has 0 unspecified atom stereocenters. The first-order valence-corrected chi connectivity index (χ1v) is 7.09. The lowest BCUT2D eigenvalue weighted by molar-refractivity contribution is 0.475. The van der Waals surface area contributed by atoms with E-state index in [9.17, 15) is 0 Å². The SMILES string of the molecule is Cc1ccc(Oc2ccc(Cl)cc2CCl)c(Br)c1. The number of hydrogen-bond donors (Lipinski definition) is 0. The van der Waals surface area contributed by atoms with Gasteiger partial charge in [0.25, 0.3) is 0 Å². The summed E-state index contributed by atoms with van der Waals surface area (Å²) < 4.78 is 6.77. The highest BCUT2D eigenvalue weighted by atomic mass is 79.9. The first kappa shape index (κ1) is 13.7. The Morgan fingerprint density at radius 1 is 1.11 bits per heavy atom. The van der Waals surface area contributed by atoms with Gasteiger partial charge in [-0.25, -0.2) is 0 Å². The summed E-state index contributed by atoms with van der Waals surface area (Å²) in [6, 6.07) is 11.3. The van der Waals surface area contributed by atoms with Crippen molar-refractivity contribution < 1.29 is 4.74 Å². The monoisotopic (exact) mass is 344 g/mol. The molecule has 1 nitrogen and oxygen atoms in total. The molecule has 0 bridgehead atoms. The second kappa shape index (κ2) is 5.96. The van der Waals surface area contributed by atoms with E-state index in [1.165, 1.54) is 5.56 Å². The number of ether oxygens (including phenoxy) is 1. The summed E-state index contributed by atoms with van der Waals surface area (Å²) in [7, 11) is 0. The summed E-state index contributed by atoms with van der Waals surface area (Å²) in [5.74, 6) is 1.84. The Balaban J connectivity index is 2.33. The second-order valence-electron chi connectivity index (χ2n) is 3.92. The van der Waals surface area contributed by atoms with Gasteiger partial charge < -0.3 is 4.74 Å². The molecule has 0 aliphatic carbocycles. The highest BCUT2D eigenvalue weighted by Crippen LogP contribution is 2.33. The zero-order valence-corrected chi connectivity index (χ0v) is 12.8. The molecule has 18 heavy (non-hydrogen) atoms. The van der Waals surface area contributed by atoms with E-state index >= 15 is 0 Å². The quantitative estimate of drug-likeness (QED) is 0.625. The van der Waals surface area contributed by atoms with Crippen molar-refractivity contribution in [3.05, 3.63) is 57.0 Å². The van der Waals surface area contributed by atoms with Gasteiger partial charge in [0.15, 0.2) is 0 Å². The average molecular weight is 346 g/mol.